The third-order valence-corrected chi connectivity index (χ3v) is 3.88. The highest BCUT2D eigenvalue weighted by Crippen LogP contribution is 2.28. The zero-order chi connectivity index (χ0) is 16.7. The zero-order valence-corrected chi connectivity index (χ0v) is 14.4. The second kappa shape index (κ2) is 8.47. The van der Waals surface area contributed by atoms with Crippen molar-refractivity contribution in [1.82, 2.24) is 14.9 Å². The number of amides is 1. The number of carbonyl (C=O) groups excluding carboxylic acids is 1. The van der Waals surface area contributed by atoms with Crippen molar-refractivity contribution in [2.45, 2.75) is 26.8 Å². The topological polar surface area (TPSA) is 73.3 Å². The first kappa shape index (κ1) is 17.2. The van der Waals surface area contributed by atoms with Crippen molar-refractivity contribution in [2.75, 3.05) is 13.7 Å². The van der Waals surface area contributed by atoms with Gasteiger partial charge < -0.3 is 14.8 Å². The van der Waals surface area contributed by atoms with Crippen LogP contribution in [0.3, 0.4) is 0 Å². The summed E-state index contributed by atoms with van der Waals surface area (Å²) in [6.45, 7) is 5.37. The second-order valence-corrected chi connectivity index (χ2v) is 6.27. The van der Waals surface area contributed by atoms with Gasteiger partial charge in [0.1, 0.15) is 4.88 Å². The SMILES string of the molecule is COc1cc(CNC(=O)c2cnns2)ccc1OCCC(C)C. The molecule has 6 nitrogen and oxygen atoms in total. The molecule has 0 aliphatic carbocycles. The highest BCUT2D eigenvalue weighted by Gasteiger charge is 2.10. The molecular weight excluding hydrogens is 314 g/mol. The molecule has 0 saturated heterocycles. The monoisotopic (exact) mass is 335 g/mol. The van der Waals surface area contributed by atoms with Gasteiger partial charge in [-0.15, -0.1) is 5.10 Å². The second-order valence-electron chi connectivity index (χ2n) is 5.48. The van der Waals surface area contributed by atoms with E-state index in [-0.39, 0.29) is 5.91 Å². The predicted molar refractivity (Wildman–Crippen MR) is 89.0 cm³/mol. The molecule has 0 radical (unpaired) electrons. The highest BCUT2D eigenvalue weighted by molar-refractivity contribution is 7.07. The molecule has 0 fully saturated rings. The largest absolute Gasteiger partial charge is 0.493 e. The first-order valence-electron chi connectivity index (χ1n) is 7.45. The van der Waals surface area contributed by atoms with Gasteiger partial charge in [-0.25, -0.2) is 0 Å². The maximum absolute atomic E-state index is 11.9. The molecule has 0 atom stereocenters. The summed E-state index contributed by atoms with van der Waals surface area (Å²) in [6, 6.07) is 5.66. The van der Waals surface area contributed by atoms with Gasteiger partial charge >= 0.3 is 0 Å². The number of carbonyl (C=O) groups is 1. The van der Waals surface area contributed by atoms with Crippen molar-refractivity contribution >= 4 is 17.4 Å². The van der Waals surface area contributed by atoms with Crippen LogP contribution < -0.4 is 14.8 Å². The fourth-order valence-corrected chi connectivity index (χ4v) is 2.31. The molecule has 0 spiro atoms. The number of aromatic nitrogens is 2. The molecule has 1 heterocycles. The first-order valence-corrected chi connectivity index (χ1v) is 8.22. The first-order chi connectivity index (χ1) is 11.1. The minimum absolute atomic E-state index is 0.184. The Morgan fingerprint density at radius 1 is 1.35 bits per heavy atom. The van der Waals surface area contributed by atoms with Crippen LogP contribution in [0.5, 0.6) is 11.5 Å². The fourth-order valence-electron chi connectivity index (χ4n) is 1.88. The fraction of sp³-hybridized carbons (Fsp3) is 0.438. The average Bonchev–Trinajstić information content (AvgIpc) is 3.07. The molecule has 2 aromatic rings. The number of hydrogen-bond acceptors (Lipinski definition) is 6. The van der Waals surface area contributed by atoms with Crippen LogP contribution in [0.2, 0.25) is 0 Å². The molecular formula is C16H21N3O3S. The summed E-state index contributed by atoms with van der Waals surface area (Å²) in [5, 5.41) is 6.47. The predicted octanol–water partition coefficient (Wildman–Crippen LogP) is 2.90. The summed E-state index contributed by atoms with van der Waals surface area (Å²) in [5.74, 6) is 1.79. The molecule has 23 heavy (non-hydrogen) atoms. The Balaban J connectivity index is 1.94. The molecule has 0 saturated carbocycles. The Morgan fingerprint density at radius 2 is 2.17 bits per heavy atom. The van der Waals surface area contributed by atoms with E-state index in [1.165, 1.54) is 6.20 Å². The summed E-state index contributed by atoms with van der Waals surface area (Å²) < 4.78 is 14.8. The van der Waals surface area contributed by atoms with Gasteiger partial charge in [0.25, 0.3) is 5.91 Å². The number of rotatable bonds is 8. The van der Waals surface area contributed by atoms with Gasteiger partial charge in [0.05, 0.1) is 19.9 Å². The van der Waals surface area contributed by atoms with E-state index in [1.54, 1.807) is 7.11 Å². The lowest BCUT2D eigenvalue weighted by atomic mass is 10.1. The van der Waals surface area contributed by atoms with Crippen molar-refractivity contribution in [3.63, 3.8) is 0 Å². The van der Waals surface area contributed by atoms with Gasteiger partial charge in [-0.2, -0.15) is 0 Å². The number of ether oxygens (including phenoxy) is 2. The van der Waals surface area contributed by atoms with Crippen molar-refractivity contribution in [3.8, 4) is 11.5 Å². The van der Waals surface area contributed by atoms with Crippen LogP contribution in [0.15, 0.2) is 24.4 Å². The molecule has 1 N–H and O–H groups in total. The minimum Gasteiger partial charge on any atom is -0.493 e. The molecule has 7 heteroatoms. The Hall–Kier alpha value is -2.15. The summed E-state index contributed by atoms with van der Waals surface area (Å²) in [4.78, 5) is 12.4. The molecule has 0 aliphatic rings. The molecule has 0 bridgehead atoms. The molecule has 1 aromatic heterocycles. The van der Waals surface area contributed by atoms with Gasteiger partial charge in [-0.1, -0.05) is 24.4 Å². The van der Waals surface area contributed by atoms with Crippen LogP contribution >= 0.6 is 11.5 Å². The smallest absolute Gasteiger partial charge is 0.264 e. The van der Waals surface area contributed by atoms with E-state index in [9.17, 15) is 4.79 Å². The normalized spacial score (nSPS) is 10.6. The minimum atomic E-state index is -0.184. The van der Waals surface area contributed by atoms with Crippen LogP contribution in [-0.4, -0.2) is 29.2 Å². The lowest BCUT2D eigenvalue weighted by Gasteiger charge is -2.13. The summed E-state index contributed by atoms with van der Waals surface area (Å²) in [7, 11) is 1.61. The third-order valence-electron chi connectivity index (χ3n) is 3.22. The van der Waals surface area contributed by atoms with Crippen LogP contribution in [0.25, 0.3) is 0 Å². The Kier molecular flexibility index (Phi) is 6.34. The van der Waals surface area contributed by atoms with E-state index < -0.39 is 0 Å². The maximum atomic E-state index is 11.9. The van der Waals surface area contributed by atoms with E-state index in [1.807, 2.05) is 18.2 Å². The van der Waals surface area contributed by atoms with E-state index in [0.717, 1.165) is 29.3 Å². The summed E-state index contributed by atoms with van der Waals surface area (Å²) in [5.41, 5.74) is 0.934. The molecule has 124 valence electrons. The maximum Gasteiger partial charge on any atom is 0.264 e. The lowest BCUT2D eigenvalue weighted by Crippen LogP contribution is -2.21. The highest BCUT2D eigenvalue weighted by atomic mass is 32.1. The summed E-state index contributed by atoms with van der Waals surface area (Å²) >= 11 is 1.07. The average molecular weight is 335 g/mol. The van der Waals surface area contributed by atoms with Gasteiger partial charge in [0.15, 0.2) is 11.5 Å². The lowest BCUT2D eigenvalue weighted by molar-refractivity contribution is 0.0954. The van der Waals surface area contributed by atoms with Crippen LogP contribution in [0, 0.1) is 5.92 Å². The number of benzene rings is 1. The molecule has 2 rings (SSSR count). The molecule has 1 amide bonds. The van der Waals surface area contributed by atoms with Gasteiger partial charge in [0.2, 0.25) is 0 Å². The number of nitrogens with zero attached hydrogens (tertiary/aromatic N) is 2. The third kappa shape index (κ3) is 5.21. The van der Waals surface area contributed by atoms with Gasteiger partial charge in [-0.3, -0.25) is 4.79 Å². The standard InChI is InChI=1S/C16H21N3O3S/c1-11(2)6-7-22-13-5-4-12(8-14(13)21-3)9-17-16(20)15-10-18-19-23-15/h4-5,8,10-11H,6-7,9H2,1-3H3,(H,17,20). The quantitative estimate of drug-likeness (QED) is 0.803. The van der Waals surface area contributed by atoms with Crippen molar-refractivity contribution in [2.24, 2.45) is 5.92 Å². The Labute approximate surface area is 140 Å². The Bertz CT molecular complexity index is 630. The Morgan fingerprint density at radius 3 is 2.83 bits per heavy atom. The van der Waals surface area contributed by atoms with Crippen molar-refractivity contribution in [1.29, 1.82) is 0 Å². The number of methoxy groups -OCH3 is 1. The molecule has 0 aliphatic heterocycles. The van der Waals surface area contributed by atoms with Crippen LogP contribution in [0.1, 0.15) is 35.5 Å². The van der Waals surface area contributed by atoms with Gasteiger partial charge in [-0.05, 0) is 41.6 Å². The van der Waals surface area contributed by atoms with E-state index in [2.05, 4.69) is 28.8 Å². The number of hydrogen-bond donors (Lipinski definition) is 1. The van der Waals surface area contributed by atoms with Gasteiger partial charge in [0, 0.05) is 6.54 Å². The molecule has 1 aromatic carbocycles. The zero-order valence-electron chi connectivity index (χ0n) is 13.5. The van der Waals surface area contributed by atoms with Crippen molar-refractivity contribution in [3.05, 3.63) is 34.8 Å². The van der Waals surface area contributed by atoms with Crippen LogP contribution in [-0.2, 0) is 6.54 Å². The summed E-state index contributed by atoms with van der Waals surface area (Å²) in [6.07, 6.45) is 2.44. The van der Waals surface area contributed by atoms with Crippen LogP contribution in [0.4, 0.5) is 0 Å². The van der Waals surface area contributed by atoms with E-state index in [4.69, 9.17) is 9.47 Å². The van der Waals surface area contributed by atoms with E-state index in [0.29, 0.717) is 29.7 Å². The van der Waals surface area contributed by atoms with Crippen molar-refractivity contribution < 1.29 is 14.3 Å². The molecule has 0 unspecified atom stereocenters. The number of nitrogens with one attached hydrogen (secondary N) is 1. The van der Waals surface area contributed by atoms with E-state index >= 15 is 0 Å².